The molecule has 1 fully saturated rings. The molecular weight excluding hydrogens is 370 g/mol. The quantitative estimate of drug-likeness (QED) is 0.497. The maximum absolute atomic E-state index is 12.1. The number of fused-ring (bicyclic) bond motifs is 1. The van der Waals surface area contributed by atoms with E-state index < -0.39 is 0 Å². The van der Waals surface area contributed by atoms with E-state index in [4.69, 9.17) is 0 Å². The van der Waals surface area contributed by atoms with Crippen molar-refractivity contribution in [1.29, 1.82) is 0 Å². The molecule has 0 unspecified atom stereocenters. The van der Waals surface area contributed by atoms with Crippen molar-refractivity contribution in [3.05, 3.63) is 42.6 Å². The Hall–Kier alpha value is -2.51. The summed E-state index contributed by atoms with van der Waals surface area (Å²) in [4.78, 5) is 19.8. The molecule has 1 saturated carbocycles. The van der Waals surface area contributed by atoms with Crippen molar-refractivity contribution in [2.24, 2.45) is 5.92 Å². The number of aromatic amines is 1. The van der Waals surface area contributed by atoms with Crippen molar-refractivity contribution in [2.75, 3.05) is 17.1 Å². The fourth-order valence-electron chi connectivity index (χ4n) is 2.86. The number of nitrogens with zero attached hydrogens (tertiary/aromatic N) is 2. The van der Waals surface area contributed by atoms with Crippen molar-refractivity contribution in [3.63, 3.8) is 0 Å². The van der Waals surface area contributed by atoms with Gasteiger partial charge in [0.15, 0.2) is 0 Å². The number of rotatable bonds is 7. The van der Waals surface area contributed by atoms with Gasteiger partial charge < -0.3 is 15.0 Å². The molecule has 3 aromatic rings. The summed E-state index contributed by atoms with van der Waals surface area (Å²) < 4.78 is 5.52. The zero-order valence-corrected chi connectivity index (χ0v) is 17.1. The number of carbonyl (C=O) groups excluding carboxylic acids is 1. The average molecular weight is 396 g/mol. The Morgan fingerprint density at radius 2 is 2.00 bits per heavy atom. The van der Waals surface area contributed by atoms with Crippen LogP contribution in [-0.4, -0.2) is 33.3 Å². The molecule has 3 N–H and O–H groups in total. The Bertz CT molecular complexity index is 978. The molecule has 7 heteroatoms. The molecule has 28 heavy (non-hydrogen) atoms. The second-order valence-electron chi connectivity index (χ2n) is 7.47. The van der Waals surface area contributed by atoms with Crippen molar-refractivity contribution in [1.82, 2.24) is 14.3 Å². The number of hydrogen-bond acceptors (Lipinski definition) is 5. The molecule has 0 aliphatic heterocycles. The maximum atomic E-state index is 12.1. The zero-order valence-electron chi connectivity index (χ0n) is 16.3. The summed E-state index contributed by atoms with van der Waals surface area (Å²) in [7, 11) is 2.06. The number of carbonyl (C=O) groups is 1. The molecule has 6 nitrogen and oxygen atoms in total. The Morgan fingerprint density at radius 1 is 1.25 bits per heavy atom. The number of nitrogens with one attached hydrogen (secondary N) is 3. The normalized spacial score (nSPS) is 14.0. The van der Waals surface area contributed by atoms with Crippen LogP contribution in [0.25, 0.3) is 22.2 Å². The molecule has 1 amide bonds. The summed E-state index contributed by atoms with van der Waals surface area (Å²) in [6.45, 7) is 4.31. The van der Waals surface area contributed by atoms with E-state index in [1.165, 1.54) is 0 Å². The van der Waals surface area contributed by atoms with E-state index in [2.05, 4.69) is 69.5 Å². The van der Waals surface area contributed by atoms with E-state index in [-0.39, 0.29) is 11.8 Å². The van der Waals surface area contributed by atoms with Crippen molar-refractivity contribution in [2.45, 2.75) is 32.7 Å². The predicted octanol–water partition coefficient (Wildman–Crippen LogP) is 4.89. The van der Waals surface area contributed by atoms with E-state index in [0.717, 1.165) is 40.7 Å². The average Bonchev–Trinajstić information content (AvgIpc) is 3.44. The van der Waals surface area contributed by atoms with Gasteiger partial charge in [0.2, 0.25) is 5.91 Å². The molecule has 2 heterocycles. The van der Waals surface area contributed by atoms with E-state index >= 15 is 0 Å². The largest absolute Gasteiger partial charge is 0.346 e. The molecule has 0 radical (unpaired) electrons. The first-order valence-electron chi connectivity index (χ1n) is 9.56. The van der Waals surface area contributed by atoms with Gasteiger partial charge in [0, 0.05) is 41.4 Å². The lowest BCUT2D eigenvalue weighted by Crippen LogP contribution is -2.20. The summed E-state index contributed by atoms with van der Waals surface area (Å²) in [6, 6.07) is 12.7. The minimum absolute atomic E-state index is 0.0650. The monoisotopic (exact) mass is 395 g/mol. The number of benzene rings is 1. The molecule has 0 spiro atoms. The van der Waals surface area contributed by atoms with Crippen molar-refractivity contribution < 1.29 is 4.79 Å². The van der Waals surface area contributed by atoms with Gasteiger partial charge in [-0.15, -0.1) is 0 Å². The Labute approximate surface area is 169 Å². The SMILES string of the molecule is CC(C)N(C)SNc1ccc(-c2cc(NC(=O)C3CC3)nc3[nH]ccc23)cc1. The van der Waals surface area contributed by atoms with Gasteiger partial charge in [0.25, 0.3) is 0 Å². The molecule has 1 aliphatic carbocycles. The summed E-state index contributed by atoms with van der Waals surface area (Å²) in [5.74, 6) is 0.810. The predicted molar refractivity (Wildman–Crippen MR) is 117 cm³/mol. The summed E-state index contributed by atoms with van der Waals surface area (Å²) in [6.07, 6.45) is 3.83. The maximum Gasteiger partial charge on any atom is 0.228 e. The van der Waals surface area contributed by atoms with Gasteiger partial charge in [-0.25, -0.2) is 9.29 Å². The Balaban J connectivity index is 1.57. The van der Waals surface area contributed by atoms with Crippen LogP contribution in [0.5, 0.6) is 0 Å². The highest BCUT2D eigenvalue weighted by molar-refractivity contribution is 7.98. The Kier molecular flexibility index (Phi) is 5.28. The van der Waals surface area contributed by atoms with Crippen LogP contribution in [0.3, 0.4) is 0 Å². The van der Waals surface area contributed by atoms with Gasteiger partial charge in [-0.2, -0.15) is 0 Å². The molecule has 2 aromatic heterocycles. The van der Waals surface area contributed by atoms with Crippen LogP contribution in [-0.2, 0) is 4.79 Å². The van der Waals surface area contributed by atoms with Gasteiger partial charge in [-0.05, 0) is 69.1 Å². The lowest BCUT2D eigenvalue weighted by Gasteiger charge is -2.19. The van der Waals surface area contributed by atoms with Crippen LogP contribution in [0.2, 0.25) is 0 Å². The van der Waals surface area contributed by atoms with Crippen LogP contribution in [0, 0.1) is 5.92 Å². The van der Waals surface area contributed by atoms with Crippen LogP contribution < -0.4 is 10.0 Å². The second kappa shape index (κ2) is 7.85. The zero-order chi connectivity index (χ0) is 19.7. The van der Waals surface area contributed by atoms with E-state index in [1.807, 2.05) is 18.3 Å². The van der Waals surface area contributed by atoms with E-state index in [9.17, 15) is 4.79 Å². The highest BCUT2D eigenvalue weighted by Gasteiger charge is 2.30. The molecule has 0 saturated heterocycles. The first kappa shape index (κ1) is 18.8. The number of pyridine rings is 1. The van der Waals surface area contributed by atoms with E-state index in [0.29, 0.717) is 11.9 Å². The molecule has 0 bridgehead atoms. The number of hydrogen-bond donors (Lipinski definition) is 3. The number of amides is 1. The number of anilines is 2. The Morgan fingerprint density at radius 3 is 2.68 bits per heavy atom. The van der Waals surface area contributed by atoms with Gasteiger partial charge in [0.1, 0.15) is 11.5 Å². The third-order valence-electron chi connectivity index (χ3n) is 4.96. The fourth-order valence-corrected chi connectivity index (χ4v) is 3.46. The third-order valence-corrected chi connectivity index (χ3v) is 6.00. The van der Waals surface area contributed by atoms with Crippen molar-refractivity contribution >= 4 is 40.6 Å². The van der Waals surface area contributed by atoms with Gasteiger partial charge in [-0.1, -0.05) is 12.1 Å². The summed E-state index contributed by atoms with van der Waals surface area (Å²) >= 11 is 1.58. The standard InChI is InChI=1S/C21H25N5OS/c1-13(2)26(3)28-25-16-8-6-14(7-9-16)18-12-19(24-21(27)15-4-5-15)23-20-17(18)10-11-22-20/h6-13,15,25H,4-5H2,1-3H3,(H2,22,23,24,27). The fraction of sp³-hybridized carbons (Fsp3) is 0.333. The third kappa shape index (κ3) is 4.15. The number of H-pyrrole nitrogens is 1. The second-order valence-corrected chi connectivity index (χ2v) is 8.43. The highest BCUT2D eigenvalue weighted by atomic mass is 32.2. The van der Waals surface area contributed by atoms with Crippen LogP contribution >= 0.6 is 12.1 Å². The van der Waals surface area contributed by atoms with Gasteiger partial charge in [-0.3, -0.25) is 4.79 Å². The molecular formula is C21H25N5OS. The lowest BCUT2D eigenvalue weighted by atomic mass is 10.0. The molecule has 1 aliphatic rings. The van der Waals surface area contributed by atoms with Crippen LogP contribution in [0.4, 0.5) is 11.5 Å². The van der Waals surface area contributed by atoms with Gasteiger partial charge >= 0.3 is 0 Å². The molecule has 4 rings (SSSR count). The lowest BCUT2D eigenvalue weighted by molar-refractivity contribution is -0.117. The minimum Gasteiger partial charge on any atom is -0.346 e. The van der Waals surface area contributed by atoms with Crippen LogP contribution in [0.1, 0.15) is 26.7 Å². The van der Waals surface area contributed by atoms with E-state index in [1.54, 1.807) is 12.1 Å². The van der Waals surface area contributed by atoms with Crippen molar-refractivity contribution in [3.8, 4) is 11.1 Å². The number of aromatic nitrogens is 2. The minimum atomic E-state index is 0.0650. The van der Waals surface area contributed by atoms with Gasteiger partial charge in [0.05, 0.1) is 0 Å². The molecule has 1 aromatic carbocycles. The summed E-state index contributed by atoms with van der Waals surface area (Å²) in [5.41, 5.74) is 3.96. The molecule has 0 atom stereocenters. The topological polar surface area (TPSA) is 73.0 Å². The summed E-state index contributed by atoms with van der Waals surface area (Å²) in [5, 5.41) is 4.00. The smallest absolute Gasteiger partial charge is 0.228 e. The first-order chi connectivity index (χ1) is 13.5. The van der Waals surface area contributed by atoms with Crippen LogP contribution in [0.15, 0.2) is 42.6 Å². The highest BCUT2D eigenvalue weighted by Crippen LogP contribution is 2.33. The first-order valence-corrected chi connectivity index (χ1v) is 10.3. The molecule has 146 valence electrons.